The summed E-state index contributed by atoms with van der Waals surface area (Å²) in [5.74, 6) is 1.38. The molecule has 0 radical (unpaired) electrons. The first kappa shape index (κ1) is 10.7. The Hall–Kier alpha value is -2.42. The van der Waals surface area contributed by atoms with E-state index >= 15 is 0 Å². The van der Waals surface area contributed by atoms with Crippen LogP contribution in [0.25, 0.3) is 10.9 Å². The molecule has 0 aliphatic rings. The summed E-state index contributed by atoms with van der Waals surface area (Å²) in [5.41, 5.74) is 2.04. The van der Waals surface area contributed by atoms with Crippen LogP contribution in [0, 0.1) is 6.92 Å². The second-order valence-electron chi connectivity index (χ2n) is 4.11. The highest BCUT2D eigenvalue weighted by Gasteiger charge is 2.05. The molecule has 3 rings (SSSR count). The van der Waals surface area contributed by atoms with Crippen LogP contribution in [0.15, 0.2) is 54.9 Å². The van der Waals surface area contributed by atoms with Crippen molar-refractivity contribution in [2.75, 3.05) is 0 Å². The summed E-state index contributed by atoms with van der Waals surface area (Å²) < 4.78 is 5.82. The van der Waals surface area contributed by atoms with Gasteiger partial charge in [0.05, 0.1) is 10.9 Å². The number of fused-ring (bicyclic) bond motifs is 1. The Morgan fingerprint density at radius 2 is 1.83 bits per heavy atom. The van der Waals surface area contributed by atoms with Gasteiger partial charge in [-0.2, -0.15) is 0 Å². The number of hydrogen-bond donors (Lipinski definition) is 0. The van der Waals surface area contributed by atoms with E-state index in [-0.39, 0.29) is 0 Å². The first-order chi connectivity index (χ1) is 8.83. The fourth-order valence-corrected chi connectivity index (χ4v) is 1.85. The van der Waals surface area contributed by atoms with Crippen LogP contribution in [0.1, 0.15) is 5.56 Å². The highest BCUT2D eigenvalue weighted by Crippen LogP contribution is 2.26. The maximum atomic E-state index is 5.82. The van der Waals surface area contributed by atoms with Gasteiger partial charge >= 0.3 is 0 Å². The van der Waals surface area contributed by atoms with Gasteiger partial charge in [-0.15, -0.1) is 0 Å². The first-order valence-electron chi connectivity index (χ1n) is 5.77. The number of nitrogens with zero attached hydrogens (tertiary/aromatic N) is 2. The molecule has 88 valence electrons. The monoisotopic (exact) mass is 236 g/mol. The van der Waals surface area contributed by atoms with Crippen molar-refractivity contribution in [3.8, 4) is 11.6 Å². The largest absolute Gasteiger partial charge is 0.438 e. The molecule has 18 heavy (non-hydrogen) atoms. The summed E-state index contributed by atoms with van der Waals surface area (Å²) in [6.45, 7) is 2.03. The summed E-state index contributed by atoms with van der Waals surface area (Å²) in [6.07, 6.45) is 1.52. The van der Waals surface area contributed by atoms with Gasteiger partial charge in [0.2, 0.25) is 5.88 Å². The van der Waals surface area contributed by atoms with Crippen LogP contribution in [0.5, 0.6) is 11.6 Å². The highest BCUT2D eigenvalue weighted by atomic mass is 16.5. The molecule has 0 amide bonds. The molecule has 2 aromatic carbocycles. The maximum Gasteiger partial charge on any atom is 0.230 e. The van der Waals surface area contributed by atoms with Gasteiger partial charge in [0.1, 0.15) is 12.1 Å². The van der Waals surface area contributed by atoms with Gasteiger partial charge in [-0.05, 0) is 36.8 Å². The fraction of sp³-hybridized carbons (Fsp3) is 0.0667. The topological polar surface area (TPSA) is 35.0 Å². The number of benzene rings is 2. The number of ether oxygens (including phenoxy) is 1. The van der Waals surface area contributed by atoms with Crippen molar-refractivity contribution in [1.82, 2.24) is 9.97 Å². The molecule has 3 nitrogen and oxygen atoms in total. The Kier molecular flexibility index (Phi) is 2.65. The molecule has 0 spiro atoms. The van der Waals surface area contributed by atoms with E-state index in [4.69, 9.17) is 4.74 Å². The van der Waals surface area contributed by atoms with E-state index in [1.165, 1.54) is 6.33 Å². The Morgan fingerprint density at radius 1 is 0.944 bits per heavy atom. The standard InChI is InChI=1S/C15H12N2O/c1-11-5-4-6-12(9-11)18-15-13-7-2-3-8-14(13)16-10-17-15/h2-10H,1H3. The van der Waals surface area contributed by atoms with Crippen molar-refractivity contribution in [1.29, 1.82) is 0 Å². The molecule has 0 saturated heterocycles. The van der Waals surface area contributed by atoms with E-state index < -0.39 is 0 Å². The lowest BCUT2D eigenvalue weighted by atomic mass is 10.2. The van der Waals surface area contributed by atoms with E-state index in [2.05, 4.69) is 9.97 Å². The second kappa shape index (κ2) is 4.45. The van der Waals surface area contributed by atoms with Crippen molar-refractivity contribution >= 4 is 10.9 Å². The smallest absolute Gasteiger partial charge is 0.230 e. The molecular formula is C15H12N2O. The molecule has 0 saturated carbocycles. The molecule has 3 aromatic rings. The predicted molar refractivity (Wildman–Crippen MR) is 70.8 cm³/mol. The number of aromatic nitrogens is 2. The minimum atomic E-state index is 0.589. The van der Waals surface area contributed by atoms with Crippen LogP contribution in [0.2, 0.25) is 0 Å². The first-order valence-corrected chi connectivity index (χ1v) is 5.77. The number of aryl methyl sites for hydroxylation is 1. The zero-order chi connectivity index (χ0) is 12.4. The zero-order valence-electron chi connectivity index (χ0n) is 10.00. The number of para-hydroxylation sites is 1. The molecule has 0 N–H and O–H groups in total. The Bertz CT molecular complexity index is 689. The van der Waals surface area contributed by atoms with Gasteiger partial charge in [-0.1, -0.05) is 24.3 Å². The zero-order valence-corrected chi connectivity index (χ0v) is 10.00. The molecule has 1 heterocycles. The minimum Gasteiger partial charge on any atom is -0.438 e. The molecular weight excluding hydrogens is 224 g/mol. The minimum absolute atomic E-state index is 0.589. The lowest BCUT2D eigenvalue weighted by molar-refractivity contribution is 0.468. The summed E-state index contributed by atoms with van der Waals surface area (Å²) in [7, 11) is 0. The van der Waals surface area contributed by atoms with Crippen LogP contribution in [0.4, 0.5) is 0 Å². The lowest BCUT2D eigenvalue weighted by Gasteiger charge is -2.07. The summed E-state index contributed by atoms with van der Waals surface area (Å²) in [4.78, 5) is 8.41. The van der Waals surface area contributed by atoms with Crippen LogP contribution in [-0.2, 0) is 0 Å². The maximum absolute atomic E-state index is 5.82. The molecule has 0 aliphatic carbocycles. The van der Waals surface area contributed by atoms with Crippen LogP contribution >= 0.6 is 0 Å². The van der Waals surface area contributed by atoms with E-state index in [0.717, 1.165) is 22.2 Å². The third-order valence-corrected chi connectivity index (χ3v) is 2.71. The van der Waals surface area contributed by atoms with Crippen molar-refractivity contribution in [3.63, 3.8) is 0 Å². The average Bonchev–Trinajstić information content (AvgIpc) is 2.39. The van der Waals surface area contributed by atoms with Gasteiger partial charge in [0, 0.05) is 0 Å². The summed E-state index contributed by atoms with van der Waals surface area (Å²) >= 11 is 0. The summed E-state index contributed by atoms with van der Waals surface area (Å²) in [6, 6.07) is 15.7. The highest BCUT2D eigenvalue weighted by molar-refractivity contribution is 5.83. The second-order valence-corrected chi connectivity index (χ2v) is 4.11. The number of rotatable bonds is 2. The van der Waals surface area contributed by atoms with E-state index in [9.17, 15) is 0 Å². The van der Waals surface area contributed by atoms with E-state index in [1.54, 1.807) is 0 Å². The van der Waals surface area contributed by atoms with E-state index in [0.29, 0.717) is 5.88 Å². The van der Waals surface area contributed by atoms with E-state index in [1.807, 2.05) is 55.5 Å². The van der Waals surface area contributed by atoms with Crippen LogP contribution in [0.3, 0.4) is 0 Å². The molecule has 0 bridgehead atoms. The third-order valence-electron chi connectivity index (χ3n) is 2.71. The lowest BCUT2D eigenvalue weighted by Crippen LogP contribution is -1.91. The van der Waals surface area contributed by atoms with Gasteiger partial charge in [-0.3, -0.25) is 0 Å². The molecule has 0 unspecified atom stereocenters. The molecule has 0 atom stereocenters. The molecule has 0 aliphatic heterocycles. The van der Waals surface area contributed by atoms with Crippen molar-refractivity contribution in [2.24, 2.45) is 0 Å². The van der Waals surface area contributed by atoms with Gasteiger partial charge in [0.25, 0.3) is 0 Å². The van der Waals surface area contributed by atoms with Crippen LogP contribution in [-0.4, -0.2) is 9.97 Å². The van der Waals surface area contributed by atoms with Crippen molar-refractivity contribution < 1.29 is 4.74 Å². The normalized spacial score (nSPS) is 10.5. The Morgan fingerprint density at radius 3 is 2.72 bits per heavy atom. The fourth-order valence-electron chi connectivity index (χ4n) is 1.85. The Balaban J connectivity index is 2.05. The molecule has 1 aromatic heterocycles. The van der Waals surface area contributed by atoms with Gasteiger partial charge in [-0.25, -0.2) is 9.97 Å². The summed E-state index contributed by atoms with van der Waals surface area (Å²) in [5, 5.41) is 0.918. The Labute approximate surface area is 105 Å². The molecule has 0 fully saturated rings. The SMILES string of the molecule is Cc1cccc(Oc2ncnc3ccccc23)c1. The van der Waals surface area contributed by atoms with Gasteiger partial charge < -0.3 is 4.74 Å². The quantitative estimate of drug-likeness (QED) is 0.680. The van der Waals surface area contributed by atoms with Crippen molar-refractivity contribution in [2.45, 2.75) is 6.92 Å². The van der Waals surface area contributed by atoms with Gasteiger partial charge in [0.15, 0.2) is 0 Å². The van der Waals surface area contributed by atoms with Crippen LogP contribution < -0.4 is 4.74 Å². The molecule has 3 heteroatoms. The predicted octanol–water partition coefficient (Wildman–Crippen LogP) is 3.73. The number of hydrogen-bond acceptors (Lipinski definition) is 3. The third kappa shape index (κ3) is 2.02. The average molecular weight is 236 g/mol. The van der Waals surface area contributed by atoms with Crippen molar-refractivity contribution in [3.05, 3.63) is 60.4 Å².